The number of aromatic nitrogens is 4. The number of H-pyrrole nitrogens is 1. The number of urea groups is 1. The van der Waals surface area contributed by atoms with Crippen LogP contribution in [0.3, 0.4) is 0 Å². The minimum absolute atomic E-state index is 0.0359. The molecule has 2 N–H and O–H groups in total. The summed E-state index contributed by atoms with van der Waals surface area (Å²) < 4.78 is 38.6. The first-order chi connectivity index (χ1) is 15.7. The highest BCUT2D eigenvalue weighted by Crippen LogP contribution is 2.50. The Morgan fingerprint density at radius 1 is 1.21 bits per heavy atom. The van der Waals surface area contributed by atoms with E-state index in [9.17, 15) is 22.8 Å². The lowest BCUT2D eigenvalue weighted by Crippen LogP contribution is -2.67. The molecule has 1 aliphatic carbocycles. The number of nitrogens with one attached hydrogen (secondary N) is 2. The van der Waals surface area contributed by atoms with Gasteiger partial charge in [0.1, 0.15) is 5.82 Å². The largest absolute Gasteiger partial charge is 0.416 e. The smallest absolute Gasteiger partial charge is 0.337 e. The summed E-state index contributed by atoms with van der Waals surface area (Å²) in [5.41, 5.74) is 0.192. The number of hydrogen-bond acceptors (Lipinski definition) is 5. The molecular weight excluding hydrogens is 439 g/mol. The number of pyridine rings is 2. The summed E-state index contributed by atoms with van der Waals surface area (Å²) in [5, 5.41) is 9.79. The van der Waals surface area contributed by atoms with E-state index < -0.39 is 17.8 Å². The number of likely N-dealkylation sites (tertiary alicyclic amines) is 1. The molecule has 0 bridgehead atoms. The highest BCUT2D eigenvalue weighted by Gasteiger charge is 2.55. The van der Waals surface area contributed by atoms with Crippen molar-refractivity contribution in [2.75, 3.05) is 25.5 Å². The number of hydrogen-bond donors (Lipinski definition) is 2. The lowest BCUT2D eigenvalue weighted by atomic mass is 9.60. The predicted octanol–water partition coefficient (Wildman–Crippen LogP) is 3.14. The van der Waals surface area contributed by atoms with Gasteiger partial charge in [-0.05, 0) is 31.0 Å². The summed E-state index contributed by atoms with van der Waals surface area (Å²) in [6, 6.07) is 2.75. The molecule has 9 nitrogen and oxygen atoms in total. The third-order valence-corrected chi connectivity index (χ3v) is 6.45. The van der Waals surface area contributed by atoms with Crippen LogP contribution in [0.2, 0.25) is 0 Å². The van der Waals surface area contributed by atoms with Crippen molar-refractivity contribution in [2.45, 2.75) is 25.1 Å². The molecule has 0 radical (unpaired) electrons. The van der Waals surface area contributed by atoms with Crippen molar-refractivity contribution in [2.24, 2.45) is 5.41 Å². The van der Waals surface area contributed by atoms with Crippen LogP contribution in [0.25, 0.3) is 11.0 Å². The molecule has 2 aliphatic rings. The molecule has 12 heteroatoms. The van der Waals surface area contributed by atoms with E-state index in [1.165, 1.54) is 4.90 Å². The van der Waals surface area contributed by atoms with E-state index in [0.717, 1.165) is 18.3 Å². The van der Waals surface area contributed by atoms with Crippen molar-refractivity contribution < 1.29 is 22.8 Å². The average Bonchev–Trinajstić information content (AvgIpc) is 3.20. The van der Waals surface area contributed by atoms with Gasteiger partial charge in [-0.15, -0.1) is 0 Å². The summed E-state index contributed by atoms with van der Waals surface area (Å²) >= 11 is 0. The molecule has 1 spiro atoms. The van der Waals surface area contributed by atoms with Crippen LogP contribution in [0.15, 0.2) is 36.8 Å². The highest BCUT2D eigenvalue weighted by atomic mass is 19.4. The van der Waals surface area contributed by atoms with E-state index in [1.807, 2.05) is 0 Å². The number of alkyl halides is 3. The molecule has 33 heavy (non-hydrogen) atoms. The summed E-state index contributed by atoms with van der Waals surface area (Å²) in [5.74, 6) is -0.237. The lowest BCUT2D eigenvalue weighted by Gasteiger charge is -2.60. The summed E-state index contributed by atoms with van der Waals surface area (Å²) in [6.07, 6.45) is 1.08. The van der Waals surface area contributed by atoms with Gasteiger partial charge in [0.2, 0.25) is 0 Å². The van der Waals surface area contributed by atoms with Crippen LogP contribution in [0.1, 0.15) is 28.8 Å². The molecule has 4 heterocycles. The molecule has 0 unspecified atom stereocenters. The average molecular weight is 459 g/mol. The highest BCUT2D eigenvalue weighted by molar-refractivity contribution is 6.05. The number of rotatable bonds is 3. The number of anilines is 1. The van der Waals surface area contributed by atoms with Gasteiger partial charge in [0.15, 0.2) is 5.65 Å². The quantitative estimate of drug-likeness (QED) is 0.626. The Balaban J connectivity index is 1.15. The molecule has 3 aromatic heterocycles. The minimum atomic E-state index is -4.51. The molecule has 1 saturated heterocycles. The molecule has 0 atom stereocenters. The number of halogens is 3. The van der Waals surface area contributed by atoms with Crippen LogP contribution in [-0.2, 0) is 6.18 Å². The Morgan fingerprint density at radius 2 is 1.94 bits per heavy atom. The van der Waals surface area contributed by atoms with Crippen LogP contribution in [-0.4, -0.2) is 68.1 Å². The second-order valence-electron chi connectivity index (χ2n) is 8.68. The maximum atomic E-state index is 12.9. The second-order valence-corrected chi connectivity index (χ2v) is 8.68. The maximum absolute atomic E-state index is 12.9. The topological polar surface area (TPSA) is 107 Å². The lowest BCUT2D eigenvalue weighted by molar-refractivity contribution is -0.137. The first kappa shape index (κ1) is 21.2. The van der Waals surface area contributed by atoms with Gasteiger partial charge in [-0.25, -0.2) is 14.8 Å². The van der Waals surface area contributed by atoms with Crippen LogP contribution in [0.5, 0.6) is 0 Å². The van der Waals surface area contributed by atoms with Gasteiger partial charge in [-0.3, -0.25) is 15.2 Å². The van der Waals surface area contributed by atoms with Crippen molar-refractivity contribution in [3.8, 4) is 0 Å². The van der Waals surface area contributed by atoms with Gasteiger partial charge in [-0.1, -0.05) is 0 Å². The molecule has 3 amide bonds. The van der Waals surface area contributed by atoms with E-state index in [1.54, 1.807) is 30.4 Å². The normalized spacial score (nSPS) is 17.5. The summed E-state index contributed by atoms with van der Waals surface area (Å²) in [6.45, 7) is 1.18. The van der Waals surface area contributed by atoms with E-state index in [-0.39, 0.29) is 23.2 Å². The number of amides is 3. The standard InChI is InChI=1S/C21H20F3N7O2/c1-30(19(33)28-16-6-12(2-4-25-16)21(22,23)24)13-7-20(8-13)10-31(11-20)18(32)14-3-5-26-17-15(14)9-27-29-17/h2-6,9,13H,7-8,10-11H2,1H3,(H,25,28,33)(H,26,27,29). The monoisotopic (exact) mass is 459 g/mol. The zero-order valence-corrected chi connectivity index (χ0v) is 17.6. The molecule has 0 aromatic carbocycles. The fourth-order valence-corrected chi connectivity index (χ4v) is 4.63. The van der Waals surface area contributed by atoms with E-state index in [0.29, 0.717) is 42.5 Å². The van der Waals surface area contributed by atoms with Gasteiger partial charge >= 0.3 is 12.2 Å². The summed E-state index contributed by atoms with van der Waals surface area (Å²) in [4.78, 5) is 36.6. The number of carbonyl (C=O) groups is 2. The number of nitrogens with zero attached hydrogens (tertiary/aromatic N) is 5. The molecular formula is C21H20F3N7O2. The first-order valence-corrected chi connectivity index (χ1v) is 10.3. The third-order valence-electron chi connectivity index (χ3n) is 6.45. The zero-order valence-electron chi connectivity index (χ0n) is 17.6. The fraction of sp³-hybridized carbons (Fsp3) is 0.381. The molecule has 3 aromatic rings. The minimum Gasteiger partial charge on any atom is -0.337 e. The molecule has 2 fully saturated rings. The Labute approximate surface area is 186 Å². The maximum Gasteiger partial charge on any atom is 0.416 e. The Hall–Kier alpha value is -3.70. The molecule has 5 rings (SSSR count). The molecule has 172 valence electrons. The van der Waals surface area contributed by atoms with E-state index >= 15 is 0 Å². The van der Waals surface area contributed by atoms with E-state index in [4.69, 9.17) is 0 Å². The molecule has 1 saturated carbocycles. The van der Waals surface area contributed by atoms with Crippen LogP contribution < -0.4 is 5.32 Å². The van der Waals surface area contributed by atoms with Crippen molar-refractivity contribution in [3.05, 3.63) is 47.9 Å². The van der Waals surface area contributed by atoms with Crippen LogP contribution in [0.4, 0.5) is 23.8 Å². The van der Waals surface area contributed by atoms with Gasteiger partial charge in [0, 0.05) is 44.0 Å². The number of aromatic amines is 1. The first-order valence-electron chi connectivity index (χ1n) is 10.3. The number of fused-ring (bicyclic) bond motifs is 1. The van der Waals surface area contributed by atoms with Gasteiger partial charge in [-0.2, -0.15) is 18.3 Å². The second kappa shape index (κ2) is 7.42. The summed E-state index contributed by atoms with van der Waals surface area (Å²) in [7, 11) is 1.61. The Bertz CT molecular complexity index is 1230. The Kier molecular flexibility index (Phi) is 4.76. The van der Waals surface area contributed by atoms with Crippen LogP contribution >= 0.6 is 0 Å². The molecule has 1 aliphatic heterocycles. The predicted molar refractivity (Wildman–Crippen MR) is 111 cm³/mol. The van der Waals surface area contributed by atoms with Gasteiger partial charge in [0.25, 0.3) is 5.91 Å². The third kappa shape index (κ3) is 3.74. The zero-order chi connectivity index (χ0) is 23.4. The van der Waals surface area contributed by atoms with Gasteiger partial charge in [0.05, 0.1) is 22.7 Å². The SMILES string of the molecule is CN(C(=O)Nc1cc(C(F)(F)F)ccn1)C1CC2(C1)CN(C(=O)c1ccnc3[nH]ncc13)C2. The Morgan fingerprint density at radius 3 is 2.67 bits per heavy atom. The van der Waals surface area contributed by atoms with Gasteiger partial charge < -0.3 is 9.80 Å². The van der Waals surface area contributed by atoms with E-state index in [2.05, 4.69) is 25.5 Å². The number of carbonyl (C=O) groups excluding carboxylic acids is 2. The van der Waals surface area contributed by atoms with Crippen molar-refractivity contribution >= 4 is 28.8 Å². The fourth-order valence-electron chi connectivity index (χ4n) is 4.63. The van der Waals surface area contributed by atoms with Crippen molar-refractivity contribution in [3.63, 3.8) is 0 Å². The van der Waals surface area contributed by atoms with Crippen molar-refractivity contribution in [1.29, 1.82) is 0 Å². The van der Waals surface area contributed by atoms with Crippen LogP contribution in [0, 0.1) is 5.41 Å². The van der Waals surface area contributed by atoms with Crippen molar-refractivity contribution in [1.82, 2.24) is 30.0 Å².